The maximum absolute atomic E-state index is 12.5. The van der Waals surface area contributed by atoms with Gasteiger partial charge in [0.05, 0.1) is 12.2 Å². The molecule has 0 aliphatic heterocycles. The van der Waals surface area contributed by atoms with E-state index in [-0.39, 0.29) is 11.8 Å². The Morgan fingerprint density at radius 3 is 2.61 bits per heavy atom. The molecule has 1 aromatic heterocycles. The van der Waals surface area contributed by atoms with E-state index < -0.39 is 5.41 Å². The number of carbonyl (C=O) groups is 2. The van der Waals surface area contributed by atoms with Crippen LogP contribution in [0.15, 0.2) is 48.7 Å². The topological polar surface area (TPSA) is 71.1 Å². The second-order valence-electron chi connectivity index (χ2n) is 5.91. The molecular weight excluding hydrogens is 290 g/mol. The maximum Gasteiger partial charge on any atom is 0.240 e. The Kier molecular flexibility index (Phi) is 4.10. The molecule has 1 aliphatic rings. The molecule has 2 amide bonds. The highest BCUT2D eigenvalue weighted by Crippen LogP contribution is 2.46. The molecule has 1 aromatic carbocycles. The molecule has 1 fully saturated rings. The van der Waals surface area contributed by atoms with Gasteiger partial charge in [-0.15, -0.1) is 0 Å². The average Bonchev–Trinajstić information content (AvgIpc) is 3.35. The quantitative estimate of drug-likeness (QED) is 0.833. The van der Waals surface area contributed by atoms with Crippen molar-refractivity contribution in [2.24, 2.45) is 5.41 Å². The van der Waals surface area contributed by atoms with Crippen LogP contribution in [0.4, 0.5) is 5.69 Å². The van der Waals surface area contributed by atoms with E-state index in [0.717, 1.165) is 16.9 Å². The summed E-state index contributed by atoms with van der Waals surface area (Å²) >= 11 is 0. The highest BCUT2D eigenvalue weighted by molar-refractivity contribution is 6.13. The zero-order valence-electron chi connectivity index (χ0n) is 13.0. The van der Waals surface area contributed by atoms with Gasteiger partial charge in [-0.2, -0.15) is 0 Å². The molecule has 0 spiro atoms. The number of nitrogens with one attached hydrogen (secondary N) is 2. The Hall–Kier alpha value is -2.69. The van der Waals surface area contributed by atoms with Gasteiger partial charge in [-0.05, 0) is 49.6 Å². The molecule has 1 saturated carbocycles. The SMILES string of the molecule is Cc1cccc(NC(=O)C2(C(=O)NCc3ccccn3)CC2)c1. The molecular formula is C18H19N3O2. The summed E-state index contributed by atoms with van der Waals surface area (Å²) in [7, 11) is 0. The fourth-order valence-corrected chi connectivity index (χ4v) is 2.50. The summed E-state index contributed by atoms with van der Waals surface area (Å²) in [6.45, 7) is 2.29. The van der Waals surface area contributed by atoms with Crippen LogP contribution < -0.4 is 10.6 Å². The second-order valence-corrected chi connectivity index (χ2v) is 5.91. The minimum Gasteiger partial charge on any atom is -0.350 e. The minimum atomic E-state index is -0.932. The van der Waals surface area contributed by atoms with Gasteiger partial charge in [-0.3, -0.25) is 14.6 Å². The Morgan fingerprint density at radius 1 is 1.13 bits per heavy atom. The molecule has 0 atom stereocenters. The van der Waals surface area contributed by atoms with E-state index in [0.29, 0.717) is 19.4 Å². The molecule has 118 valence electrons. The number of aromatic nitrogens is 1. The molecule has 0 unspecified atom stereocenters. The lowest BCUT2D eigenvalue weighted by atomic mass is 10.0. The molecule has 5 nitrogen and oxygen atoms in total. The fraction of sp³-hybridized carbons (Fsp3) is 0.278. The van der Waals surface area contributed by atoms with Crippen molar-refractivity contribution in [2.75, 3.05) is 5.32 Å². The first-order chi connectivity index (χ1) is 11.1. The van der Waals surface area contributed by atoms with Crippen molar-refractivity contribution in [3.63, 3.8) is 0 Å². The predicted octanol–water partition coefficient (Wildman–Crippen LogP) is 2.43. The number of hydrogen-bond acceptors (Lipinski definition) is 3. The molecule has 0 radical (unpaired) electrons. The Bertz CT molecular complexity index is 724. The monoisotopic (exact) mass is 309 g/mol. The summed E-state index contributed by atoms with van der Waals surface area (Å²) in [6, 6.07) is 13.1. The van der Waals surface area contributed by atoms with Gasteiger partial charge in [0.25, 0.3) is 0 Å². The maximum atomic E-state index is 12.5. The van der Waals surface area contributed by atoms with Crippen LogP contribution in [0.25, 0.3) is 0 Å². The van der Waals surface area contributed by atoms with Crippen molar-refractivity contribution in [1.82, 2.24) is 10.3 Å². The van der Waals surface area contributed by atoms with E-state index in [1.807, 2.05) is 49.4 Å². The van der Waals surface area contributed by atoms with Crippen molar-refractivity contribution in [3.8, 4) is 0 Å². The van der Waals surface area contributed by atoms with Gasteiger partial charge < -0.3 is 10.6 Å². The summed E-state index contributed by atoms with van der Waals surface area (Å²) in [4.78, 5) is 29.0. The molecule has 2 N–H and O–H groups in total. The highest BCUT2D eigenvalue weighted by Gasteiger charge is 2.56. The van der Waals surface area contributed by atoms with Crippen LogP contribution >= 0.6 is 0 Å². The van der Waals surface area contributed by atoms with E-state index in [1.165, 1.54) is 0 Å². The van der Waals surface area contributed by atoms with Gasteiger partial charge in [0.15, 0.2) is 0 Å². The van der Waals surface area contributed by atoms with Crippen molar-refractivity contribution in [2.45, 2.75) is 26.3 Å². The van der Waals surface area contributed by atoms with Gasteiger partial charge in [0, 0.05) is 11.9 Å². The van der Waals surface area contributed by atoms with E-state index in [2.05, 4.69) is 15.6 Å². The van der Waals surface area contributed by atoms with Crippen LogP contribution in [0.5, 0.6) is 0 Å². The Labute approximate surface area is 135 Å². The lowest BCUT2D eigenvalue weighted by molar-refractivity contribution is -0.134. The van der Waals surface area contributed by atoms with Gasteiger partial charge in [0.2, 0.25) is 11.8 Å². The molecule has 2 aromatic rings. The zero-order valence-corrected chi connectivity index (χ0v) is 13.0. The van der Waals surface area contributed by atoms with Crippen LogP contribution in [0.3, 0.4) is 0 Å². The first kappa shape index (κ1) is 15.2. The minimum absolute atomic E-state index is 0.228. The molecule has 0 bridgehead atoms. The van der Waals surface area contributed by atoms with Gasteiger partial charge >= 0.3 is 0 Å². The third kappa shape index (κ3) is 3.39. The predicted molar refractivity (Wildman–Crippen MR) is 87.6 cm³/mol. The van der Waals surface area contributed by atoms with Gasteiger partial charge in [-0.25, -0.2) is 0 Å². The number of rotatable bonds is 5. The van der Waals surface area contributed by atoms with Crippen molar-refractivity contribution in [1.29, 1.82) is 0 Å². The molecule has 0 saturated heterocycles. The largest absolute Gasteiger partial charge is 0.350 e. The molecule has 23 heavy (non-hydrogen) atoms. The third-order valence-electron chi connectivity index (χ3n) is 4.05. The number of pyridine rings is 1. The van der Waals surface area contributed by atoms with Crippen LogP contribution in [0.1, 0.15) is 24.1 Å². The molecule has 3 rings (SSSR count). The van der Waals surface area contributed by atoms with Crippen LogP contribution in [-0.2, 0) is 16.1 Å². The highest BCUT2D eigenvalue weighted by atomic mass is 16.2. The van der Waals surface area contributed by atoms with Crippen LogP contribution in [0, 0.1) is 12.3 Å². The number of hydrogen-bond donors (Lipinski definition) is 2. The normalized spacial score (nSPS) is 14.8. The first-order valence-corrected chi connectivity index (χ1v) is 7.66. The smallest absolute Gasteiger partial charge is 0.240 e. The van der Waals surface area contributed by atoms with Crippen molar-refractivity contribution in [3.05, 3.63) is 59.9 Å². The molecule has 1 aliphatic carbocycles. The van der Waals surface area contributed by atoms with Gasteiger partial charge in [0.1, 0.15) is 5.41 Å². The van der Waals surface area contributed by atoms with Crippen molar-refractivity contribution < 1.29 is 9.59 Å². The first-order valence-electron chi connectivity index (χ1n) is 7.66. The summed E-state index contributed by atoms with van der Waals surface area (Å²) < 4.78 is 0. The van der Waals surface area contributed by atoms with Gasteiger partial charge in [-0.1, -0.05) is 18.2 Å². The lowest BCUT2D eigenvalue weighted by Gasteiger charge is -2.15. The van der Waals surface area contributed by atoms with Crippen LogP contribution in [-0.4, -0.2) is 16.8 Å². The third-order valence-corrected chi connectivity index (χ3v) is 4.05. The van der Waals surface area contributed by atoms with E-state index in [9.17, 15) is 9.59 Å². The molecule has 1 heterocycles. The average molecular weight is 309 g/mol. The summed E-state index contributed by atoms with van der Waals surface area (Å²) in [6.07, 6.45) is 2.84. The standard InChI is InChI=1S/C18H19N3O2/c1-13-5-4-7-14(11-13)21-17(23)18(8-9-18)16(22)20-12-15-6-2-3-10-19-15/h2-7,10-11H,8-9,12H2,1H3,(H,20,22)(H,21,23). The summed E-state index contributed by atoms with van der Waals surface area (Å²) in [5.41, 5.74) is 1.63. The zero-order chi connectivity index (χ0) is 16.3. The van der Waals surface area contributed by atoms with Crippen LogP contribution in [0.2, 0.25) is 0 Å². The summed E-state index contributed by atoms with van der Waals surface area (Å²) in [5, 5.41) is 5.67. The van der Waals surface area contributed by atoms with Crippen molar-refractivity contribution >= 4 is 17.5 Å². The number of benzene rings is 1. The van der Waals surface area contributed by atoms with E-state index in [4.69, 9.17) is 0 Å². The number of carbonyl (C=O) groups excluding carboxylic acids is 2. The Balaban J connectivity index is 1.62. The number of aryl methyl sites for hydroxylation is 1. The van der Waals surface area contributed by atoms with E-state index in [1.54, 1.807) is 6.20 Å². The van der Waals surface area contributed by atoms with E-state index >= 15 is 0 Å². The lowest BCUT2D eigenvalue weighted by Crippen LogP contribution is -2.39. The second kappa shape index (κ2) is 6.20. The number of nitrogens with zero attached hydrogens (tertiary/aromatic N) is 1. The molecule has 5 heteroatoms. The fourth-order valence-electron chi connectivity index (χ4n) is 2.50. The Morgan fingerprint density at radius 2 is 1.96 bits per heavy atom. The number of anilines is 1. The summed E-state index contributed by atoms with van der Waals surface area (Å²) in [5.74, 6) is -0.463. The number of amides is 2.